The van der Waals surface area contributed by atoms with Gasteiger partial charge in [0.05, 0.1) is 5.56 Å². The lowest BCUT2D eigenvalue weighted by Crippen LogP contribution is -2.64. The summed E-state index contributed by atoms with van der Waals surface area (Å²) in [5, 5.41) is 9.39. The van der Waals surface area contributed by atoms with Crippen molar-refractivity contribution in [1.29, 1.82) is 0 Å². The van der Waals surface area contributed by atoms with E-state index < -0.39 is 5.97 Å². The van der Waals surface area contributed by atoms with E-state index in [-0.39, 0.29) is 5.41 Å². The lowest BCUT2D eigenvalue weighted by atomic mass is 9.32. The van der Waals surface area contributed by atoms with Crippen molar-refractivity contribution >= 4 is 11.5 Å². The van der Waals surface area contributed by atoms with Crippen LogP contribution >= 0.6 is 0 Å². The second-order valence-corrected chi connectivity index (χ2v) is 15.3. The fourth-order valence-corrected chi connectivity index (χ4v) is 12.1. The third kappa shape index (κ3) is 3.34. The highest BCUT2D eigenvalue weighted by molar-refractivity contribution is 5.88. The van der Waals surface area contributed by atoms with Crippen molar-refractivity contribution in [1.82, 2.24) is 0 Å². The van der Waals surface area contributed by atoms with Crippen molar-refractivity contribution in [2.24, 2.45) is 50.7 Å². The Kier molecular flexibility index (Phi) is 5.96. The number of carboxylic acid groups (broad SMARTS) is 1. The van der Waals surface area contributed by atoms with Crippen molar-refractivity contribution in [3.05, 3.63) is 53.6 Å². The first-order chi connectivity index (χ1) is 17.9. The van der Waals surface area contributed by atoms with E-state index in [9.17, 15) is 9.90 Å². The molecule has 2 heteroatoms. The average molecular weight is 515 g/mol. The van der Waals surface area contributed by atoms with Gasteiger partial charge in [-0.25, -0.2) is 4.79 Å². The lowest BCUT2D eigenvalue weighted by Gasteiger charge is -2.72. The van der Waals surface area contributed by atoms with Crippen LogP contribution in [0.15, 0.2) is 42.5 Å². The van der Waals surface area contributed by atoms with Gasteiger partial charge in [-0.15, -0.1) is 0 Å². The van der Waals surface area contributed by atoms with Crippen molar-refractivity contribution in [3.63, 3.8) is 0 Å². The second kappa shape index (κ2) is 8.58. The molecule has 1 N–H and O–H groups in total. The Bertz CT molecular complexity index is 1170. The Morgan fingerprint density at radius 1 is 0.842 bits per heavy atom. The first kappa shape index (κ1) is 26.4. The maximum absolute atomic E-state index is 11.4. The largest absolute Gasteiger partial charge is 0.478 e. The smallest absolute Gasteiger partial charge is 0.335 e. The molecule has 8 atom stereocenters. The summed E-state index contributed by atoms with van der Waals surface area (Å²) in [6.45, 7) is 15.3. The Labute approximate surface area is 231 Å². The molecule has 0 heterocycles. The van der Waals surface area contributed by atoms with Crippen LogP contribution in [0, 0.1) is 50.7 Å². The fraction of sp³-hybridized carbons (Fsp3) is 0.694. The first-order valence-corrected chi connectivity index (χ1v) is 15.6. The topological polar surface area (TPSA) is 37.3 Å². The van der Waals surface area contributed by atoms with Crippen LogP contribution in [0.4, 0.5) is 0 Å². The Morgan fingerprint density at radius 3 is 2.26 bits per heavy atom. The molecule has 1 aromatic carbocycles. The van der Waals surface area contributed by atoms with Crippen molar-refractivity contribution in [2.45, 2.75) is 106 Å². The number of carboxylic acids is 1. The SMILES string of the molecule is C/C=C/[C@]12CCC[C@@H]1[C@H]1CCC3[C@@]4(C)CC=C(c5ccc(C(=O)O)cc5)C(C)(C)C4CC[C@@]3(C)[C@]1(C)CC2. The quantitative estimate of drug-likeness (QED) is 0.408. The van der Waals surface area contributed by atoms with Gasteiger partial charge in [-0.1, -0.05) is 71.4 Å². The van der Waals surface area contributed by atoms with Gasteiger partial charge in [0.1, 0.15) is 0 Å². The standard InChI is InChI=1S/C36H50O2/c1-7-18-36-19-8-9-28(36)27-14-15-30-33(4)20-16-26(24-10-12-25(13-11-24)31(37)38)32(2,3)29(33)17-21-35(30,6)34(27,5)22-23-36/h7,10-13,16,18,27-30H,8-9,14-15,17,19-23H2,1-6H3,(H,37,38)/b18-7+/t27-,28-,29?,30?,33+,34-,35-,36-/m1/s1. The van der Waals surface area contributed by atoms with Crippen LogP contribution in [0.3, 0.4) is 0 Å². The molecular weight excluding hydrogens is 464 g/mol. The van der Waals surface area contributed by atoms with Gasteiger partial charge in [0.15, 0.2) is 0 Å². The molecule has 4 saturated carbocycles. The molecule has 1 aromatic rings. The van der Waals surface area contributed by atoms with E-state index in [4.69, 9.17) is 0 Å². The summed E-state index contributed by atoms with van der Waals surface area (Å²) in [6, 6.07) is 7.64. The number of carbonyl (C=O) groups is 1. The van der Waals surface area contributed by atoms with E-state index in [1.165, 1.54) is 68.9 Å². The van der Waals surface area contributed by atoms with Gasteiger partial charge >= 0.3 is 5.97 Å². The zero-order valence-electron chi connectivity index (χ0n) is 24.8. The maximum Gasteiger partial charge on any atom is 0.335 e. The van der Waals surface area contributed by atoms with Crippen molar-refractivity contribution in [2.75, 3.05) is 0 Å². The summed E-state index contributed by atoms with van der Waals surface area (Å²) < 4.78 is 0. The zero-order chi connectivity index (χ0) is 27.1. The lowest BCUT2D eigenvalue weighted by molar-refractivity contribution is -0.218. The predicted octanol–water partition coefficient (Wildman–Crippen LogP) is 9.81. The Morgan fingerprint density at radius 2 is 1.58 bits per heavy atom. The van der Waals surface area contributed by atoms with Crippen LogP contribution in [0.25, 0.3) is 5.57 Å². The van der Waals surface area contributed by atoms with Crippen LogP contribution in [-0.2, 0) is 0 Å². The summed E-state index contributed by atoms with van der Waals surface area (Å²) >= 11 is 0. The zero-order valence-corrected chi connectivity index (χ0v) is 24.8. The predicted molar refractivity (Wildman–Crippen MR) is 157 cm³/mol. The van der Waals surface area contributed by atoms with Gasteiger partial charge < -0.3 is 5.11 Å². The molecule has 0 aliphatic heterocycles. The summed E-state index contributed by atoms with van der Waals surface area (Å²) in [6.07, 6.45) is 21.3. The molecule has 6 rings (SSSR count). The number of allylic oxidation sites excluding steroid dienone is 4. The molecule has 5 aliphatic carbocycles. The minimum atomic E-state index is -0.847. The van der Waals surface area contributed by atoms with Gasteiger partial charge in [-0.3, -0.25) is 0 Å². The molecule has 38 heavy (non-hydrogen) atoms. The van der Waals surface area contributed by atoms with E-state index in [0.29, 0.717) is 33.1 Å². The number of hydrogen-bond acceptors (Lipinski definition) is 1. The number of fused-ring (bicyclic) bond motifs is 7. The third-order valence-electron chi connectivity index (χ3n) is 13.9. The van der Waals surface area contributed by atoms with E-state index in [0.717, 1.165) is 24.2 Å². The number of benzene rings is 1. The van der Waals surface area contributed by atoms with E-state index in [2.05, 4.69) is 59.8 Å². The van der Waals surface area contributed by atoms with Crippen LogP contribution in [-0.4, -0.2) is 11.1 Å². The van der Waals surface area contributed by atoms with Crippen LogP contribution in [0.1, 0.15) is 122 Å². The molecule has 4 fully saturated rings. The molecule has 2 unspecified atom stereocenters. The van der Waals surface area contributed by atoms with Gasteiger partial charge in [0.25, 0.3) is 0 Å². The molecule has 0 spiro atoms. The normalized spacial score (nSPS) is 45.5. The van der Waals surface area contributed by atoms with Crippen LogP contribution < -0.4 is 0 Å². The van der Waals surface area contributed by atoms with E-state index >= 15 is 0 Å². The molecular formula is C36H50O2. The molecule has 0 bridgehead atoms. The molecule has 5 aliphatic rings. The Balaban J connectivity index is 1.35. The van der Waals surface area contributed by atoms with Gasteiger partial charge in [0, 0.05) is 0 Å². The Hall–Kier alpha value is -1.83. The number of hydrogen-bond donors (Lipinski definition) is 1. The van der Waals surface area contributed by atoms with Crippen LogP contribution in [0.5, 0.6) is 0 Å². The highest BCUT2D eigenvalue weighted by atomic mass is 16.4. The molecule has 2 nitrogen and oxygen atoms in total. The van der Waals surface area contributed by atoms with Crippen LogP contribution in [0.2, 0.25) is 0 Å². The third-order valence-corrected chi connectivity index (χ3v) is 13.9. The van der Waals surface area contributed by atoms with E-state index in [1.54, 1.807) is 12.1 Å². The maximum atomic E-state index is 11.4. The minimum Gasteiger partial charge on any atom is -0.478 e. The highest BCUT2D eigenvalue weighted by Gasteiger charge is 2.69. The summed E-state index contributed by atoms with van der Waals surface area (Å²) in [5.74, 6) is 2.36. The summed E-state index contributed by atoms with van der Waals surface area (Å²) in [7, 11) is 0. The highest BCUT2D eigenvalue weighted by Crippen LogP contribution is 2.77. The summed E-state index contributed by atoms with van der Waals surface area (Å²) in [4.78, 5) is 11.4. The fourth-order valence-electron chi connectivity index (χ4n) is 12.1. The molecule has 206 valence electrons. The van der Waals surface area contributed by atoms with Gasteiger partial charge in [0.2, 0.25) is 0 Å². The number of rotatable bonds is 3. The molecule has 0 aromatic heterocycles. The monoisotopic (exact) mass is 514 g/mol. The minimum absolute atomic E-state index is 0.0793. The van der Waals surface area contributed by atoms with Gasteiger partial charge in [-0.2, -0.15) is 0 Å². The molecule has 0 amide bonds. The number of aromatic carboxylic acids is 1. The van der Waals surface area contributed by atoms with E-state index in [1.807, 2.05) is 12.1 Å². The first-order valence-electron chi connectivity index (χ1n) is 15.6. The van der Waals surface area contributed by atoms with Crippen molar-refractivity contribution in [3.8, 4) is 0 Å². The molecule has 0 saturated heterocycles. The van der Waals surface area contributed by atoms with Gasteiger partial charge in [-0.05, 0) is 139 Å². The van der Waals surface area contributed by atoms with Crippen molar-refractivity contribution < 1.29 is 9.90 Å². The molecule has 0 radical (unpaired) electrons. The average Bonchev–Trinajstić information content (AvgIpc) is 3.28. The summed E-state index contributed by atoms with van der Waals surface area (Å²) in [5.41, 5.74) is 4.77. The second-order valence-electron chi connectivity index (χ2n) is 15.3.